The molecule has 0 aliphatic rings. The van der Waals surface area contributed by atoms with Gasteiger partial charge in [0.25, 0.3) is 0 Å². The molecule has 0 fully saturated rings. The summed E-state index contributed by atoms with van der Waals surface area (Å²) in [5.74, 6) is -70.8. The van der Waals surface area contributed by atoms with Crippen molar-refractivity contribution in [2.24, 2.45) is 0 Å². The molecule has 0 unspecified atom stereocenters. The van der Waals surface area contributed by atoms with E-state index in [4.69, 9.17) is 0 Å². The number of hydrogen-bond donors (Lipinski definition) is 0. The Morgan fingerprint density at radius 3 is 0.804 bits per heavy atom. The van der Waals surface area contributed by atoms with Crippen LogP contribution in [-0.4, -0.2) is 18.7 Å². The van der Waals surface area contributed by atoms with Crippen LogP contribution in [0.3, 0.4) is 0 Å². The minimum atomic E-state index is -7.22. The van der Waals surface area contributed by atoms with Gasteiger partial charge in [0.05, 0.1) is 10.9 Å². The monoisotopic (exact) mass is 1470 g/mol. The van der Waals surface area contributed by atoms with Gasteiger partial charge in [0.2, 0.25) is 0 Å². The molecule has 0 radical (unpaired) electrons. The number of thioether (sulfide) groups is 2. The molecule has 0 aliphatic carbocycles. The number of hydrogen-bond acceptors (Lipinski definition) is 2. The third-order valence-corrected chi connectivity index (χ3v) is 20.1. The van der Waals surface area contributed by atoms with Crippen LogP contribution >= 0.6 is 23.5 Å². The lowest BCUT2D eigenvalue weighted by atomic mass is 9.12. The molecule has 0 aromatic heterocycles. The molecule has 0 spiro atoms. The predicted molar refractivity (Wildman–Crippen MR) is 317 cm³/mol. The summed E-state index contributed by atoms with van der Waals surface area (Å²) in [5, 5.41) is 0. The van der Waals surface area contributed by atoms with Crippen molar-refractivity contribution in [3.8, 4) is 0 Å². The second-order valence-electron chi connectivity index (χ2n) is 19.5. The lowest BCUT2D eigenvalue weighted by Gasteiger charge is -2.44. The summed E-state index contributed by atoms with van der Waals surface area (Å²) in [5.41, 5.74) is -11.6. The van der Waals surface area contributed by atoms with Gasteiger partial charge >= 0.3 is 21.2 Å². The van der Waals surface area contributed by atoms with Crippen molar-refractivity contribution in [2.75, 3.05) is 12.5 Å². The SMILES string of the molecule is C.CSc1ccc([S+](c2ccccc2)c2ccccc2)cc1.CSc1ccccc1.Cc1ccc([I+]c2ccc(C(C)C)cc2)cc1.Fc1c(F)c(F)c([B-](c2c(F)c(F)c(F)c(F)c2F)(c2c(F)c(F)c(F)c(F)c2F)c2c(F)c(F)c(F)c(F)c2F)c(F)c1F. The average Bonchev–Trinajstić information content (AvgIpc) is 0.683. The maximum absolute atomic E-state index is 15.4. The van der Waals surface area contributed by atoms with E-state index in [2.05, 4.69) is 179 Å². The molecule has 0 heterocycles. The van der Waals surface area contributed by atoms with E-state index in [9.17, 15) is 52.7 Å². The first-order valence-electron chi connectivity index (χ1n) is 26.3. The standard InChI is InChI=1S/C24BF20.C19H17S2.C16H18I.C7H8S.CH4/c26-5-1(6(27)14(35)21(42)13(5)34)25(2-7(28)15(36)22(43)16(37)8(2)29,3-9(30)17(38)23(44)18(39)10(3)31)4-11(32)19(40)24(45)20(41)12(4)33;1-20-16-12-14-19(15-13-16)21(17-8-4-2-5-9-17)18-10-6-3-7-11-18;1-12(2)14-6-10-16(11-7-14)17-15-8-4-13(3)5-9-15;1-8-7-5-3-2-4-6-7;/h;2-15H,1H3;4-12H,1-3H3;2-6H,1H3;1H4/q-1;2*+1;;. The highest BCUT2D eigenvalue weighted by molar-refractivity contribution is 7.99. The Morgan fingerprint density at radius 1 is 0.304 bits per heavy atom. The van der Waals surface area contributed by atoms with Gasteiger partial charge in [-0.2, -0.15) is 0 Å². The van der Waals surface area contributed by atoms with Gasteiger partial charge in [0.1, 0.15) is 52.7 Å². The Bertz CT molecular complexity index is 3770. The van der Waals surface area contributed by atoms with E-state index in [1.54, 1.807) is 23.5 Å². The quantitative estimate of drug-likeness (QED) is 0.0227. The van der Waals surface area contributed by atoms with Crippen LogP contribution in [-0.2, 0) is 10.9 Å². The predicted octanol–water partition coefficient (Wildman–Crippen LogP) is 15.6. The summed E-state index contributed by atoms with van der Waals surface area (Å²) in [6, 6.07) is 58.9. The van der Waals surface area contributed by atoms with E-state index < -0.39 is 144 Å². The highest BCUT2D eigenvalue weighted by Crippen LogP contribution is 2.34. The Kier molecular flexibility index (Phi) is 25.6. The second-order valence-corrected chi connectivity index (χ2v) is 26.3. The molecule has 0 saturated heterocycles. The first kappa shape index (κ1) is 73.7. The van der Waals surface area contributed by atoms with Crippen LogP contribution in [0, 0.1) is 130 Å². The molecule has 10 aromatic carbocycles. The highest BCUT2D eigenvalue weighted by Gasteiger charge is 2.52. The van der Waals surface area contributed by atoms with Crippen molar-refractivity contribution in [1.82, 2.24) is 0 Å². The fourth-order valence-corrected chi connectivity index (χ4v) is 14.4. The molecule has 10 aromatic rings. The van der Waals surface area contributed by atoms with Crippen molar-refractivity contribution in [1.29, 1.82) is 0 Å². The van der Waals surface area contributed by atoms with Gasteiger partial charge < -0.3 is 0 Å². The lowest BCUT2D eigenvalue weighted by molar-refractivity contribution is -0.597. The van der Waals surface area contributed by atoms with Gasteiger partial charge in [-0.1, -0.05) is 106 Å². The molecule has 0 N–H and O–H groups in total. The summed E-state index contributed by atoms with van der Waals surface area (Å²) in [4.78, 5) is 6.72. The summed E-state index contributed by atoms with van der Waals surface area (Å²) >= 11 is 3.54. The van der Waals surface area contributed by atoms with Crippen molar-refractivity contribution >= 4 is 62.4 Å². The fourth-order valence-electron chi connectivity index (χ4n) is 9.30. The Hall–Kier alpha value is -7.36. The van der Waals surface area contributed by atoms with Crippen molar-refractivity contribution in [3.05, 3.63) is 298 Å². The third kappa shape index (κ3) is 15.2. The number of rotatable bonds is 12. The third-order valence-electron chi connectivity index (χ3n) is 13.7. The summed E-state index contributed by atoms with van der Waals surface area (Å²) < 4.78 is 297. The number of halogens is 21. The fraction of sp³-hybridized carbons (Fsp3) is 0.104. The topological polar surface area (TPSA) is 0 Å². The van der Waals surface area contributed by atoms with Crippen molar-refractivity contribution in [3.63, 3.8) is 0 Å². The molecule has 0 atom stereocenters. The second kappa shape index (κ2) is 32.0. The first-order chi connectivity index (χ1) is 43.2. The molecule has 10 rings (SSSR count). The molecule has 0 bridgehead atoms. The molecular formula is C67H47BF20IS3+. The average molecular weight is 1470 g/mol. The van der Waals surface area contributed by atoms with Crippen molar-refractivity contribution in [2.45, 2.75) is 58.6 Å². The zero-order valence-electron chi connectivity index (χ0n) is 47.4. The summed E-state index contributed by atoms with van der Waals surface area (Å²) in [6.45, 7) is 6.62. The van der Waals surface area contributed by atoms with E-state index in [0.29, 0.717) is 5.92 Å². The molecule has 92 heavy (non-hydrogen) atoms. The van der Waals surface area contributed by atoms with Crippen LogP contribution in [0.2, 0.25) is 0 Å². The Labute approximate surface area is 537 Å². The van der Waals surface area contributed by atoms with E-state index in [1.807, 2.05) is 18.2 Å². The normalized spacial score (nSPS) is 11.1. The van der Waals surface area contributed by atoms with Gasteiger partial charge in [-0.05, 0) is 116 Å². The maximum atomic E-state index is 15.4. The molecular weight excluding hydrogens is 1420 g/mol. The molecule has 482 valence electrons. The maximum Gasteiger partial charge on any atom is 0.357 e. The Morgan fingerprint density at radius 2 is 0.543 bits per heavy atom. The van der Waals surface area contributed by atoms with Crippen LogP contribution in [0.1, 0.15) is 38.3 Å². The van der Waals surface area contributed by atoms with Gasteiger partial charge in [-0.15, -0.1) is 45.4 Å². The van der Waals surface area contributed by atoms with Crippen LogP contribution in [0.5, 0.6) is 0 Å². The first-order valence-corrected chi connectivity index (χ1v) is 32.1. The van der Waals surface area contributed by atoms with E-state index >= 15 is 35.1 Å². The van der Waals surface area contributed by atoms with E-state index in [-0.39, 0.29) is 39.5 Å². The van der Waals surface area contributed by atoms with Gasteiger partial charge in [-0.25, -0.2) is 87.8 Å². The van der Waals surface area contributed by atoms with Crippen LogP contribution in [0.4, 0.5) is 87.8 Å². The summed E-state index contributed by atoms with van der Waals surface area (Å²) in [6.07, 6.45) is -3.02. The van der Waals surface area contributed by atoms with E-state index in [0.717, 1.165) is 0 Å². The van der Waals surface area contributed by atoms with Gasteiger partial charge in [0.15, 0.2) is 91.6 Å². The van der Waals surface area contributed by atoms with Gasteiger partial charge in [0, 0.05) is 9.79 Å². The largest absolute Gasteiger partial charge is 0.357 e. The number of benzene rings is 10. The smallest absolute Gasteiger partial charge is 0.207 e. The molecule has 0 nitrogen and oxygen atoms in total. The zero-order chi connectivity index (χ0) is 66.9. The van der Waals surface area contributed by atoms with Crippen LogP contribution in [0.15, 0.2) is 188 Å². The van der Waals surface area contributed by atoms with E-state index in [1.165, 1.54) is 42.7 Å². The molecule has 0 amide bonds. The minimum Gasteiger partial charge on any atom is -0.207 e. The Balaban J connectivity index is 0.000000233. The number of aryl methyl sites for hydroxylation is 1. The van der Waals surface area contributed by atoms with Crippen LogP contribution in [0.25, 0.3) is 0 Å². The lowest BCUT2D eigenvalue weighted by Crippen LogP contribution is -3.61. The molecule has 25 heteroatoms. The van der Waals surface area contributed by atoms with Crippen LogP contribution < -0.4 is 43.1 Å². The van der Waals surface area contributed by atoms with Crippen molar-refractivity contribution < 1.29 is 109 Å². The highest BCUT2D eigenvalue weighted by atomic mass is 127. The molecule has 0 aliphatic heterocycles. The molecule has 0 saturated carbocycles. The summed E-state index contributed by atoms with van der Waals surface area (Å²) in [7, 11) is -0.0341. The van der Waals surface area contributed by atoms with Gasteiger partial charge in [-0.3, -0.25) is 0 Å². The minimum absolute atomic E-state index is 0. The zero-order valence-corrected chi connectivity index (χ0v) is 52.0.